The molecule has 2 aromatic carbocycles. The minimum atomic E-state index is -0.348. The van der Waals surface area contributed by atoms with Gasteiger partial charge in [-0.25, -0.2) is 0 Å². The molecule has 0 bridgehead atoms. The van der Waals surface area contributed by atoms with E-state index in [0.717, 1.165) is 48.3 Å². The molecule has 0 spiro atoms. The van der Waals surface area contributed by atoms with Gasteiger partial charge in [-0.05, 0) is 43.0 Å². The van der Waals surface area contributed by atoms with Gasteiger partial charge in [-0.3, -0.25) is 14.5 Å². The molecule has 2 amide bonds. The lowest BCUT2D eigenvalue weighted by Crippen LogP contribution is -2.53. The van der Waals surface area contributed by atoms with Crippen LogP contribution in [0.2, 0.25) is 0 Å². The zero-order valence-corrected chi connectivity index (χ0v) is 20.6. The number of carbonyl (C=O) groups is 2. The molecule has 35 heavy (non-hydrogen) atoms. The van der Waals surface area contributed by atoms with Gasteiger partial charge in [0.05, 0.1) is 18.5 Å². The van der Waals surface area contributed by atoms with Crippen molar-refractivity contribution in [3.8, 4) is 11.5 Å². The highest BCUT2D eigenvalue weighted by atomic mass is 16.6. The van der Waals surface area contributed by atoms with Crippen molar-refractivity contribution in [2.75, 3.05) is 45.9 Å². The molecule has 0 aromatic heterocycles. The van der Waals surface area contributed by atoms with Crippen molar-refractivity contribution in [3.63, 3.8) is 0 Å². The molecular weight excluding hydrogens is 442 g/mol. The fourth-order valence-corrected chi connectivity index (χ4v) is 5.46. The zero-order chi connectivity index (χ0) is 24.3. The van der Waals surface area contributed by atoms with Crippen LogP contribution in [0.3, 0.4) is 0 Å². The molecule has 5 rings (SSSR count). The van der Waals surface area contributed by atoms with E-state index in [2.05, 4.69) is 16.3 Å². The second-order valence-corrected chi connectivity index (χ2v) is 10.0. The first-order valence-electron chi connectivity index (χ1n) is 12.8. The molecular formula is C28H35N3O4. The Kier molecular flexibility index (Phi) is 6.95. The van der Waals surface area contributed by atoms with E-state index in [-0.39, 0.29) is 17.4 Å². The summed E-state index contributed by atoms with van der Waals surface area (Å²) in [5.74, 6) is 1.73. The summed E-state index contributed by atoms with van der Waals surface area (Å²) in [4.78, 5) is 29.9. The maximum absolute atomic E-state index is 13.1. The van der Waals surface area contributed by atoms with Crippen molar-refractivity contribution in [2.45, 2.75) is 44.6 Å². The third kappa shape index (κ3) is 5.45. The Bertz CT molecular complexity index is 1050. The number of piperazine rings is 1. The van der Waals surface area contributed by atoms with Crippen molar-refractivity contribution >= 4 is 11.8 Å². The highest BCUT2D eigenvalue weighted by Gasteiger charge is 2.38. The van der Waals surface area contributed by atoms with Crippen LogP contribution in [0.5, 0.6) is 11.5 Å². The largest absolute Gasteiger partial charge is 0.486 e. The number of benzene rings is 2. The van der Waals surface area contributed by atoms with E-state index in [1.54, 1.807) is 0 Å². The van der Waals surface area contributed by atoms with Crippen molar-refractivity contribution < 1.29 is 19.1 Å². The second kappa shape index (κ2) is 10.3. The van der Waals surface area contributed by atoms with Crippen LogP contribution in [0.4, 0.5) is 0 Å². The average Bonchev–Trinajstić information content (AvgIpc) is 3.35. The number of ether oxygens (including phenoxy) is 2. The van der Waals surface area contributed by atoms with Crippen LogP contribution in [0.15, 0.2) is 42.5 Å². The lowest BCUT2D eigenvalue weighted by molar-refractivity contribution is -0.132. The molecule has 3 aliphatic rings. The minimum absolute atomic E-state index is 0.0428. The molecule has 2 aliphatic heterocycles. The number of amides is 2. The maximum Gasteiger partial charge on any atom is 0.234 e. The van der Waals surface area contributed by atoms with Crippen molar-refractivity contribution in [1.29, 1.82) is 0 Å². The van der Waals surface area contributed by atoms with Crippen LogP contribution in [0, 0.1) is 6.92 Å². The fourth-order valence-electron chi connectivity index (χ4n) is 5.46. The van der Waals surface area contributed by atoms with Gasteiger partial charge >= 0.3 is 0 Å². The quantitative estimate of drug-likeness (QED) is 0.693. The average molecular weight is 478 g/mol. The third-order valence-corrected chi connectivity index (χ3v) is 7.50. The Labute approximate surface area is 207 Å². The van der Waals surface area contributed by atoms with Crippen molar-refractivity contribution in [3.05, 3.63) is 59.2 Å². The van der Waals surface area contributed by atoms with Crippen LogP contribution < -0.4 is 14.8 Å². The highest BCUT2D eigenvalue weighted by Crippen LogP contribution is 2.42. The van der Waals surface area contributed by atoms with Gasteiger partial charge in [-0.2, -0.15) is 0 Å². The molecule has 7 nitrogen and oxygen atoms in total. The van der Waals surface area contributed by atoms with E-state index in [9.17, 15) is 9.59 Å². The standard InChI is InChI=1S/C28H35N3O4/c1-21-4-6-22(7-5-21)18-27(33)31-14-12-30(13-15-31)20-26(32)29-28(10-2-3-11-28)23-8-9-24-25(19-23)35-17-16-34-24/h4-9,19H,2-3,10-18,20H2,1H3,(H,29,32). The van der Waals surface area contributed by atoms with E-state index < -0.39 is 0 Å². The van der Waals surface area contributed by atoms with Gasteiger partial charge in [-0.1, -0.05) is 48.7 Å². The summed E-state index contributed by atoms with van der Waals surface area (Å²) in [7, 11) is 0. The van der Waals surface area contributed by atoms with Gasteiger partial charge in [0.1, 0.15) is 13.2 Å². The molecule has 2 heterocycles. The number of hydrogen-bond acceptors (Lipinski definition) is 5. The maximum atomic E-state index is 13.1. The predicted molar refractivity (Wildman–Crippen MR) is 134 cm³/mol. The van der Waals surface area contributed by atoms with E-state index in [1.165, 1.54) is 5.56 Å². The molecule has 7 heteroatoms. The molecule has 1 N–H and O–H groups in total. The molecule has 0 unspecified atom stereocenters. The number of nitrogens with one attached hydrogen (secondary N) is 1. The van der Waals surface area contributed by atoms with E-state index >= 15 is 0 Å². The van der Waals surface area contributed by atoms with E-state index in [0.29, 0.717) is 52.4 Å². The smallest absolute Gasteiger partial charge is 0.234 e. The molecule has 0 radical (unpaired) electrons. The molecule has 1 saturated heterocycles. The second-order valence-electron chi connectivity index (χ2n) is 10.0. The van der Waals surface area contributed by atoms with E-state index in [1.807, 2.05) is 48.2 Å². The number of carbonyl (C=O) groups excluding carboxylic acids is 2. The third-order valence-electron chi connectivity index (χ3n) is 7.50. The number of hydrogen-bond donors (Lipinski definition) is 1. The van der Waals surface area contributed by atoms with Crippen LogP contribution in [0.1, 0.15) is 42.4 Å². The number of fused-ring (bicyclic) bond motifs is 1. The number of nitrogens with zero attached hydrogens (tertiary/aromatic N) is 2. The van der Waals surface area contributed by atoms with Gasteiger partial charge in [0.25, 0.3) is 0 Å². The Morgan fingerprint density at radius 3 is 2.31 bits per heavy atom. The van der Waals surface area contributed by atoms with Gasteiger partial charge in [-0.15, -0.1) is 0 Å². The molecule has 0 atom stereocenters. The molecule has 1 saturated carbocycles. The SMILES string of the molecule is Cc1ccc(CC(=O)N2CCN(CC(=O)NC3(c4ccc5c(c4)OCCO5)CCCC3)CC2)cc1. The van der Waals surface area contributed by atoms with Crippen LogP contribution >= 0.6 is 0 Å². The molecule has 1 aliphatic carbocycles. The molecule has 2 fully saturated rings. The summed E-state index contributed by atoms with van der Waals surface area (Å²) in [5.41, 5.74) is 2.99. The Hall–Kier alpha value is -3.06. The summed E-state index contributed by atoms with van der Waals surface area (Å²) in [6, 6.07) is 14.2. The Balaban J connectivity index is 1.15. The fraction of sp³-hybridized carbons (Fsp3) is 0.500. The lowest BCUT2D eigenvalue weighted by Gasteiger charge is -2.36. The number of aryl methyl sites for hydroxylation is 1. The van der Waals surface area contributed by atoms with Gasteiger partial charge < -0.3 is 19.7 Å². The highest BCUT2D eigenvalue weighted by molar-refractivity contribution is 5.80. The van der Waals surface area contributed by atoms with Crippen LogP contribution in [-0.4, -0.2) is 67.6 Å². The van der Waals surface area contributed by atoms with Crippen molar-refractivity contribution in [2.24, 2.45) is 0 Å². The first kappa shape index (κ1) is 23.7. The van der Waals surface area contributed by atoms with Crippen LogP contribution in [-0.2, 0) is 21.5 Å². The topological polar surface area (TPSA) is 71.1 Å². The van der Waals surface area contributed by atoms with E-state index in [4.69, 9.17) is 9.47 Å². The number of rotatable bonds is 6. The lowest BCUT2D eigenvalue weighted by atomic mass is 9.87. The summed E-state index contributed by atoms with van der Waals surface area (Å²) in [5, 5.41) is 3.38. The van der Waals surface area contributed by atoms with Crippen molar-refractivity contribution in [1.82, 2.24) is 15.1 Å². The first-order valence-corrected chi connectivity index (χ1v) is 12.8. The Morgan fingerprint density at radius 2 is 1.60 bits per heavy atom. The van der Waals surface area contributed by atoms with Gasteiger partial charge in [0, 0.05) is 26.2 Å². The minimum Gasteiger partial charge on any atom is -0.486 e. The summed E-state index contributed by atoms with van der Waals surface area (Å²) in [6.07, 6.45) is 4.48. The van der Waals surface area contributed by atoms with Crippen LogP contribution in [0.25, 0.3) is 0 Å². The normalized spacial score (nSPS) is 19.4. The van der Waals surface area contributed by atoms with Gasteiger partial charge in [0.15, 0.2) is 11.5 Å². The summed E-state index contributed by atoms with van der Waals surface area (Å²) in [6.45, 7) is 6.26. The van der Waals surface area contributed by atoms with Gasteiger partial charge in [0.2, 0.25) is 11.8 Å². The molecule has 2 aromatic rings. The monoisotopic (exact) mass is 477 g/mol. The predicted octanol–water partition coefficient (Wildman–Crippen LogP) is 3.04. The first-order chi connectivity index (χ1) is 17.0. The molecule has 186 valence electrons. The summed E-state index contributed by atoms with van der Waals surface area (Å²) < 4.78 is 11.5. The zero-order valence-electron chi connectivity index (χ0n) is 20.6. The Morgan fingerprint density at radius 1 is 0.914 bits per heavy atom. The summed E-state index contributed by atoms with van der Waals surface area (Å²) >= 11 is 0.